The third-order valence-corrected chi connectivity index (χ3v) is 7.03. The Kier molecular flexibility index (Phi) is 7.04. The van der Waals surface area contributed by atoms with Crippen molar-refractivity contribution < 1.29 is 28.5 Å². The van der Waals surface area contributed by atoms with E-state index in [1.54, 1.807) is 19.2 Å². The Morgan fingerprint density at radius 3 is 2.17 bits per heavy atom. The van der Waals surface area contributed by atoms with E-state index in [9.17, 15) is 4.79 Å². The van der Waals surface area contributed by atoms with Crippen molar-refractivity contribution in [3.05, 3.63) is 114 Å². The molecule has 6 heteroatoms. The number of ether oxygens (including phenoxy) is 3. The van der Waals surface area contributed by atoms with E-state index in [-0.39, 0.29) is 6.61 Å². The summed E-state index contributed by atoms with van der Waals surface area (Å²) in [5.41, 5.74) is 7.82. The molecule has 1 aromatic heterocycles. The summed E-state index contributed by atoms with van der Waals surface area (Å²) in [4.78, 5) is 10.9. The van der Waals surface area contributed by atoms with Crippen LogP contribution in [-0.4, -0.2) is 24.8 Å². The quantitative estimate of drug-likeness (QED) is 0.197. The van der Waals surface area contributed by atoms with Crippen molar-refractivity contribution in [1.82, 2.24) is 0 Å². The van der Waals surface area contributed by atoms with Gasteiger partial charge in [0.25, 0.3) is 0 Å². The molecule has 0 atom stereocenters. The van der Waals surface area contributed by atoms with Gasteiger partial charge in [-0.1, -0.05) is 36.4 Å². The van der Waals surface area contributed by atoms with E-state index in [0.29, 0.717) is 18.1 Å². The lowest BCUT2D eigenvalue weighted by Gasteiger charge is -2.14. The minimum Gasteiger partial charge on any atom is -0.497 e. The van der Waals surface area contributed by atoms with Gasteiger partial charge in [0, 0.05) is 10.8 Å². The fourth-order valence-electron chi connectivity index (χ4n) is 4.98. The van der Waals surface area contributed by atoms with Crippen LogP contribution in [0.5, 0.6) is 17.2 Å². The smallest absolute Gasteiger partial charge is 0.341 e. The van der Waals surface area contributed by atoms with Crippen LogP contribution in [0, 0.1) is 6.92 Å². The number of methoxy groups -OCH3 is 1. The molecule has 41 heavy (non-hydrogen) atoms. The van der Waals surface area contributed by atoms with Crippen LogP contribution in [0.3, 0.4) is 0 Å². The normalized spacial score (nSPS) is 11.1. The van der Waals surface area contributed by atoms with E-state index < -0.39 is 5.97 Å². The van der Waals surface area contributed by atoms with E-state index in [2.05, 4.69) is 48.5 Å². The molecule has 0 bridgehead atoms. The highest BCUT2D eigenvalue weighted by atomic mass is 16.5. The Bertz CT molecular complexity index is 1870. The SMILES string of the molecule is COc1ccc(-c2cc(COc3ccc(OCC(=O)O)c(C)c3)cc(-c3ccc4oc5ccccc5c4c3)c2)cc1. The number of hydrogen-bond acceptors (Lipinski definition) is 5. The second-order valence-electron chi connectivity index (χ2n) is 9.85. The molecule has 1 N–H and O–H groups in total. The summed E-state index contributed by atoms with van der Waals surface area (Å²) < 4.78 is 22.9. The lowest BCUT2D eigenvalue weighted by Crippen LogP contribution is -2.10. The standard InChI is InChI=1S/C35H28O6/c1-22-15-29(12-14-32(22)40-21-35(36)37)39-20-23-16-26(24-7-10-28(38-2)11-8-24)18-27(17-23)25-9-13-34-31(19-25)30-5-3-4-6-33(30)41-34/h3-19H,20-21H2,1-2H3,(H,36,37). The average molecular weight is 545 g/mol. The van der Waals surface area contributed by atoms with Crippen molar-refractivity contribution in [3.63, 3.8) is 0 Å². The van der Waals surface area contributed by atoms with Crippen molar-refractivity contribution in [2.75, 3.05) is 13.7 Å². The number of hydrogen-bond donors (Lipinski definition) is 1. The molecule has 0 fully saturated rings. The van der Waals surface area contributed by atoms with Gasteiger partial charge >= 0.3 is 5.97 Å². The van der Waals surface area contributed by atoms with Crippen LogP contribution in [0.25, 0.3) is 44.2 Å². The van der Waals surface area contributed by atoms with Gasteiger partial charge in [-0.15, -0.1) is 0 Å². The summed E-state index contributed by atoms with van der Waals surface area (Å²) in [7, 11) is 1.66. The molecule has 0 aliphatic heterocycles. The van der Waals surface area contributed by atoms with Crippen LogP contribution in [0.1, 0.15) is 11.1 Å². The lowest BCUT2D eigenvalue weighted by atomic mass is 9.95. The highest BCUT2D eigenvalue weighted by Gasteiger charge is 2.12. The van der Waals surface area contributed by atoms with Gasteiger partial charge in [0.05, 0.1) is 7.11 Å². The number of rotatable bonds is 9. The van der Waals surface area contributed by atoms with Crippen molar-refractivity contribution in [2.24, 2.45) is 0 Å². The molecule has 0 saturated carbocycles. The van der Waals surface area contributed by atoms with E-state index in [4.69, 9.17) is 23.7 Å². The molecule has 1 heterocycles. The van der Waals surface area contributed by atoms with E-state index in [1.165, 1.54) is 0 Å². The number of furan rings is 1. The Morgan fingerprint density at radius 1 is 0.707 bits per heavy atom. The van der Waals surface area contributed by atoms with Crippen LogP contribution >= 0.6 is 0 Å². The lowest BCUT2D eigenvalue weighted by molar-refractivity contribution is -0.139. The second kappa shape index (κ2) is 11.1. The van der Waals surface area contributed by atoms with Crippen LogP contribution < -0.4 is 14.2 Å². The Morgan fingerprint density at radius 2 is 1.41 bits per heavy atom. The van der Waals surface area contributed by atoms with Gasteiger partial charge in [-0.3, -0.25) is 0 Å². The fourth-order valence-corrected chi connectivity index (χ4v) is 4.98. The third kappa shape index (κ3) is 5.58. The summed E-state index contributed by atoms with van der Waals surface area (Å²) in [6, 6.07) is 34.2. The molecule has 0 saturated heterocycles. The Labute approximate surface area is 237 Å². The molecule has 6 nitrogen and oxygen atoms in total. The zero-order valence-corrected chi connectivity index (χ0v) is 22.7. The highest BCUT2D eigenvalue weighted by molar-refractivity contribution is 6.06. The molecule has 6 rings (SSSR count). The molecular formula is C35H28O6. The summed E-state index contributed by atoms with van der Waals surface area (Å²) in [5, 5.41) is 11.1. The summed E-state index contributed by atoms with van der Waals surface area (Å²) in [6.07, 6.45) is 0. The number of carboxylic acid groups (broad SMARTS) is 1. The van der Waals surface area contributed by atoms with Crippen molar-refractivity contribution in [3.8, 4) is 39.5 Å². The molecular weight excluding hydrogens is 516 g/mol. The first-order chi connectivity index (χ1) is 20.0. The largest absolute Gasteiger partial charge is 0.497 e. The summed E-state index contributed by atoms with van der Waals surface area (Å²) in [6.45, 7) is 1.83. The molecule has 0 spiro atoms. The van der Waals surface area contributed by atoms with Crippen LogP contribution in [0.15, 0.2) is 108 Å². The Hall–Kier alpha value is -5.23. The van der Waals surface area contributed by atoms with Crippen molar-refractivity contribution >= 4 is 27.9 Å². The van der Waals surface area contributed by atoms with Crippen molar-refractivity contribution in [2.45, 2.75) is 13.5 Å². The van der Waals surface area contributed by atoms with Crippen LogP contribution in [0.4, 0.5) is 0 Å². The number of para-hydroxylation sites is 1. The number of aryl methyl sites for hydroxylation is 1. The Balaban J connectivity index is 1.35. The molecule has 0 radical (unpaired) electrons. The number of carbonyl (C=O) groups is 1. The van der Waals surface area contributed by atoms with Crippen molar-refractivity contribution in [1.29, 1.82) is 0 Å². The first kappa shape index (κ1) is 26.0. The van der Waals surface area contributed by atoms with E-state index in [1.807, 2.05) is 49.4 Å². The maximum atomic E-state index is 10.9. The van der Waals surface area contributed by atoms with E-state index >= 15 is 0 Å². The van der Waals surface area contributed by atoms with Gasteiger partial charge in [-0.25, -0.2) is 4.79 Å². The zero-order chi connectivity index (χ0) is 28.3. The molecule has 0 unspecified atom stereocenters. The van der Waals surface area contributed by atoms with Crippen LogP contribution in [-0.2, 0) is 11.4 Å². The van der Waals surface area contributed by atoms with Gasteiger partial charge in [0.1, 0.15) is 35.0 Å². The number of benzene rings is 5. The predicted octanol–water partition coefficient (Wildman–Crippen LogP) is 8.28. The minimum absolute atomic E-state index is 0.350. The fraction of sp³-hybridized carbons (Fsp3) is 0.114. The van der Waals surface area contributed by atoms with E-state index in [0.717, 1.165) is 61.1 Å². The number of fused-ring (bicyclic) bond motifs is 3. The molecule has 0 aliphatic carbocycles. The maximum absolute atomic E-state index is 10.9. The summed E-state index contributed by atoms with van der Waals surface area (Å²) in [5.74, 6) is 0.979. The topological polar surface area (TPSA) is 78.1 Å². The summed E-state index contributed by atoms with van der Waals surface area (Å²) >= 11 is 0. The molecule has 6 aromatic rings. The first-order valence-corrected chi connectivity index (χ1v) is 13.2. The molecule has 204 valence electrons. The molecule has 0 amide bonds. The zero-order valence-electron chi connectivity index (χ0n) is 22.7. The number of carboxylic acids is 1. The monoisotopic (exact) mass is 544 g/mol. The average Bonchev–Trinajstić information content (AvgIpc) is 3.37. The maximum Gasteiger partial charge on any atom is 0.341 e. The molecule has 0 aliphatic rings. The van der Waals surface area contributed by atoms with Gasteiger partial charge < -0.3 is 23.7 Å². The second-order valence-corrected chi connectivity index (χ2v) is 9.85. The highest BCUT2D eigenvalue weighted by Crippen LogP contribution is 2.35. The third-order valence-electron chi connectivity index (χ3n) is 7.03. The number of aliphatic carboxylic acids is 1. The minimum atomic E-state index is -1.02. The van der Waals surface area contributed by atoms with Gasteiger partial charge in [0.2, 0.25) is 0 Å². The first-order valence-electron chi connectivity index (χ1n) is 13.2. The van der Waals surface area contributed by atoms with Gasteiger partial charge in [0.15, 0.2) is 6.61 Å². The van der Waals surface area contributed by atoms with Gasteiger partial charge in [-0.05, 0) is 107 Å². The molecule has 5 aromatic carbocycles. The van der Waals surface area contributed by atoms with Gasteiger partial charge in [-0.2, -0.15) is 0 Å². The predicted molar refractivity (Wildman–Crippen MR) is 160 cm³/mol. The van der Waals surface area contributed by atoms with Crippen LogP contribution in [0.2, 0.25) is 0 Å².